The van der Waals surface area contributed by atoms with Gasteiger partial charge in [-0.15, -0.1) is 0 Å². The molecule has 60 valence electrons. The molecule has 0 fully saturated rings. The van der Waals surface area contributed by atoms with Gasteiger partial charge in [-0.1, -0.05) is 0 Å². The van der Waals surface area contributed by atoms with Gasteiger partial charge in [0.15, 0.2) is 5.78 Å². The maximum absolute atomic E-state index is 11.3. The zero-order valence-electron chi connectivity index (χ0n) is 6.50. The topological polar surface area (TPSA) is 42.0 Å². The van der Waals surface area contributed by atoms with E-state index in [1.807, 2.05) is 6.92 Å². The summed E-state index contributed by atoms with van der Waals surface area (Å²) in [7, 11) is 1.77. The van der Waals surface area contributed by atoms with E-state index >= 15 is 0 Å². The van der Waals surface area contributed by atoms with Gasteiger partial charge in [-0.25, -0.2) is 4.37 Å². The Morgan fingerprint density at radius 3 is 3.00 bits per heavy atom. The van der Waals surface area contributed by atoms with Gasteiger partial charge in [0.2, 0.25) is 0 Å². The number of rotatable bonds is 3. The molecule has 11 heavy (non-hydrogen) atoms. The summed E-state index contributed by atoms with van der Waals surface area (Å²) in [6, 6.07) is -0.119. The molecule has 0 aliphatic heterocycles. The third-order valence-electron chi connectivity index (χ3n) is 1.54. The van der Waals surface area contributed by atoms with Crippen LogP contribution in [-0.4, -0.2) is 23.2 Å². The van der Waals surface area contributed by atoms with Crippen LogP contribution in [-0.2, 0) is 0 Å². The predicted octanol–water partition coefficient (Wildman–Crippen LogP) is 0.934. The summed E-state index contributed by atoms with van der Waals surface area (Å²) in [4.78, 5) is 11.3. The van der Waals surface area contributed by atoms with Crippen molar-refractivity contribution in [1.82, 2.24) is 9.69 Å². The molecule has 0 radical (unpaired) electrons. The Morgan fingerprint density at radius 2 is 2.55 bits per heavy atom. The van der Waals surface area contributed by atoms with Crippen LogP contribution in [0.5, 0.6) is 0 Å². The molecule has 1 aromatic rings. The van der Waals surface area contributed by atoms with E-state index in [0.717, 1.165) is 0 Å². The molecule has 0 aliphatic rings. The third kappa shape index (κ3) is 1.85. The second-order valence-electron chi connectivity index (χ2n) is 2.29. The highest BCUT2D eigenvalue weighted by molar-refractivity contribution is 7.03. The van der Waals surface area contributed by atoms with Crippen molar-refractivity contribution in [2.75, 3.05) is 7.05 Å². The van der Waals surface area contributed by atoms with E-state index in [2.05, 4.69) is 9.69 Å². The zero-order chi connectivity index (χ0) is 8.27. The molecule has 1 atom stereocenters. The summed E-state index contributed by atoms with van der Waals surface area (Å²) >= 11 is 1.30. The Hall–Kier alpha value is -0.740. The minimum atomic E-state index is -0.119. The SMILES string of the molecule is CNC(C)C(=O)c1cnsc1. The zero-order valence-corrected chi connectivity index (χ0v) is 7.31. The van der Waals surface area contributed by atoms with Gasteiger partial charge < -0.3 is 5.32 Å². The van der Waals surface area contributed by atoms with Gasteiger partial charge in [-0.2, -0.15) is 0 Å². The van der Waals surface area contributed by atoms with Crippen molar-refractivity contribution in [1.29, 1.82) is 0 Å². The van der Waals surface area contributed by atoms with E-state index in [-0.39, 0.29) is 11.8 Å². The summed E-state index contributed by atoms with van der Waals surface area (Å²) in [6.07, 6.45) is 1.60. The lowest BCUT2D eigenvalue weighted by Crippen LogP contribution is -2.30. The molecule has 1 rings (SSSR count). The number of nitrogens with one attached hydrogen (secondary N) is 1. The number of likely N-dealkylation sites (N-methyl/N-ethyl adjacent to an activating group) is 1. The molecule has 0 spiro atoms. The number of hydrogen-bond acceptors (Lipinski definition) is 4. The summed E-state index contributed by atoms with van der Waals surface area (Å²) in [6.45, 7) is 1.83. The molecule has 1 heterocycles. The number of carbonyl (C=O) groups is 1. The first-order valence-corrected chi connectivity index (χ1v) is 4.20. The monoisotopic (exact) mass is 170 g/mol. The van der Waals surface area contributed by atoms with Crippen LogP contribution in [0.2, 0.25) is 0 Å². The predicted molar refractivity (Wildman–Crippen MR) is 45.0 cm³/mol. The highest BCUT2D eigenvalue weighted by Gasteiger charge is 2.12. The van der Waals surface area contributed by atoms with Crippen molar-refractivity contribution < 1.29 is 4.79 Å². The Kier molecular flexibility index (Phi) is 2.73. The lowest BCUT2D eigenvalue weighted by Gasteiger charge is -2.05. The summed E-state index contributed by atoms with van der Waals surface area (Å²) in [5, 5.41) is 4.64. The molecule has 0 bridgehead atoms. The minimum absolute atomic E-state index is 0.0984. The Labute approximate surface area is 69.6 Å². The van der Waals surface area contributed by atoms with Crippen molar-refractivity contribution in [2.45, 2.75) is 13.0 Å². The highest BCUT2D eigenvalue weighted by Crippen LogP contribution is 2.04. The van der Waals surface area contributed by atoms with E-state index in [4.69, 9.17) is 0 Å². The van der Waals surface area contributed by atoms with Crippen LogP contribution >= 0.6 is 11.5 Å². The Bertz CT molecular complexity index is 233. The summed E-state index contributed by atoms with van der Waals surface area (Å²) < 4.78 is 3.85. The highest BCUT2D eigenvalue weighted by atomic mass is 32.1. The van der Waals surface area contributed by atoms with E-state index in [1.54, 1.807) is 18.6 Å². The van der Waals surface area contributed by atoms with Gasteiger partial charge in [0.25, 0.3) is 0 Å². The first kappa shape index (κ1) is 8.36. The van der Waals surface area contributed by atoms with Gasteiger partial charge in [0.05, 0.1) is 12.2 Å². The van der Waals surface area contributed by atoms with Crippen LogP contribution in [0.3, 0.4) is 0 Å². The molecule has 1 unspecified atom stereocenters. The molecule has 1 aromatic heterocycles. The van der Waals surface area contributed by atoms with Crippen LogP contribution in [0.4, 0.5) is 0 Å². The van der Waals surface area contributed by atoms with Gasteiger partial charge in [0, 0.05) is 10.9 Å². The van der Waals surface area contributed by atoms with Crippen LogP contribution < -0.4 is 5.32 Å². The second-order valence-corrected chi connectivity index (χ2v) is 2.95. The lowest BCUT2D eigenvalue weighted by molar-refractivity contribution is 0.0955. The fourth-order valence-electron chi connectivity index (χ4n) is 0.708. The molecule has 0 aliphatic carbocycles. The second kappa shape index (κ2) is 3.59. The van der Waals surface area contributed by atoms with Crippen molar-refractivity contribution in [3.8, 4) is 0 Å². The molecule has 0 saturated carbocycles. The maximum atomic E-state index is 11.3. The summed E-state index contributed by atoms with van der Waals surface area (Å²) in [5.74, 6) is 0.0984. The maximum Gasteiger partial charge on any atom is 0.181 e. The standard InChI is InChI=1S/C7H10N2OS/c1-5(8-2)7(10)6-3-9-11-4-6/h3-5,8H,1-2H3. The Balaban J connectivity index is 2.70. The van der Waals surface area contributed by atoms with Crippen molar-refractivity contribution in [2.24, 2.45) is 0 Å². The minimum Gasteiger partial charge on any atom is -0.310 e. The van der Waals surface area contributed by atoms with Gasteiger partial charge in [0.1, 0.15) is 0 Å². The Morgan fingerprint density at radius 1 is 1.82 bits per heavy atom. The quantitative estimate of drug-likeness (QED) is 0.686. The van der Waals surface area contributed by atoms with Gasteiger partial charge >= 0.3 is 0 Å². The first-order chi connectivity index (χ1) is 5.25. The molecule has 1 N–H and O–H groups in total. The normalized spacial score (nSPS) is 12.9. The molecule has 3 nitrogen and oxygen atoms in total. The molecular weight excluding hydrogens is 160 g/mol. The number of carbonyl (C=O) groups excluding carboxylic acids is 1. The molecular formula is C7H10N2OS. The van der Waals surface area contributed by atoms with Gasteiger partial charge in [-0.3, -0.25) is 4.79 Å². The molecule has 0 saturated heterocycles. The molecule has 4 heteroatoms. The van der Waals surface area contributed by atoms with E-state index in [0.29, 0.717) is 5.56 Å². The van der Waals surface area contributed by atoms with Crippen molar-refractivity contribution >= 4 is 17.3 Å². The summed E-state index contributed by atoms with van der Waals surface area (Å²) in [5.41, 5.74) is 0.692. The van der Waals surface area contributed by atoms with Gasteiger partial charge in [-0.05, 0) is 25.5 Å². The fourth-order valence-corrected chi connectivity index (χ4v) is 1.23. The lowest BCUT2D eigenvalue weighted by atomic mass is 10.1. The van der Waals surface area contributed by atoms with E-state index < -0.39 is 0 Å². The fraction of sp³-hybridized carbons (Fsp3) is 0.429. The average Bonchev–Trinajstić information content (AvgIpc) is 2.53. The van der Waals surface area contributed by atoms with Crippen LogP contribution in [0.15, 0.2) is 11.6 Å². The number of hydrogen-bond donors (Lipinski definition) is 1. The third-order valence-corrected chi connectivity index (χ3v) is 2.13. The largest absolute Gasteiger partial charge is 0.310 e. The number of nitrogens with zero attached hydrogens (tertiary/aromatic N) is 1. The van der Waals surface area contributed by atoms with Crippen LogP contribution in [0.25, 0.3) is 0 Å². The number of aromatic nitrogens is 1. The van der Waals surface area contributed by atoms with Crippen LogP contribution in [0, 0.1) is 0 Å². The van der Waals surface area contributed by atoms with E-state index in [9.17, 15) is 4.79 Å². The van der Waals surface area contributed by atoms with Crippen molar-refractivity contribution in [3.05, 3.63) is 17.1 Å². The van der Waals surface area contributed by atoms with E-state index in [1.165, 1.54) is 11.5 Å². The average molecular weight is 170 g/mol. The molecule has 0 amide bonds. The smallest absolute Gasteiger partial charge is 0.181 e. The number of Topliss-reactive ketones (excluding diaryl/α,β-unsaturated/α-hetero) is 1. The van der Waals surface area contributed by atoms with Crippen molar-refractivity contribution in [3.63, 3.8) is 0 Å². The molecule has 0 aromatic carbocycles. The number of ketones is 1. The van der Waals surface area contributed by atoms with Crippen LogP contribution in [0.1, 0.15) is 17.3 Å². The first-order valence-electron chi connectivity index (χ1n) is 3.36.